The highest BCUT2D eigenvalue weighted by atomic mass is 16.3. The summed E-state index contributed by atoms with van der Waals surface area (Å²) in [6.07, 6.45) is 0. The first-order valence-corrected chi connectivity index (χ1v) is 7.88. The second kappa shape index (κ2) is 7.29. The lowest BCUT2D eigenvalue weighted by atomic mass is 10.1. The monoisotopic (exact) mass is 324 g/mol. The zero-order valence-electron chi connectivity index (χ0n) is 13.5. The van der Waals surface area contributed by atoms with Crippen molar-refractivity contribution in [2.24, 2.45) is 0 Å². The van der Waals surface area contributed by atoms with Gasteiger partial charge in [0, 0.05) is 36.7 Å². The minimum absolute atomic E-state index is 0.120. The molecule has 0 fully saturated rings. The van der Waals surface area contributed by atoms with E-state index in [-0.39, 0.29) is 12.5 Å². The Labute approximate surface area is 140 Å². The van der Waals surface area contributed by atoms with Gasteiger partial charge >= 0.3 is 0 Å². The van der Waals surface area contributed by atoms with Gasteiger partial charge in [0.1, 0.15) is 11.3 Å². The van der Waals surface area contributed by atoms with E-state index in [1.807, 2.05) is 42.5 Å². The molecular weight excluding hydrogens is 304 g/mol. The van der Waals surface area contributed by atoms with E-state index >= 15 is 0 Å². The number of carbonyl (C=O) groups is 1. The van der Waals surface area contributed by atoms with Crippen molar-refractivity contribution in [3.63, 3.8) is 0 Å². The molecule has 0 atom stereocenters. The number of aliphatic hydroxyl groups excluding tert-OH is 1. The molecule has 0 aliphatic rings. The SMILES string of the molecule is CNC(=O)c1cccc(-c2cc3ccc(CNCCO)cc3o2)c1. The molecule has 1 aromatic heterocycles. The van der Waals surface area contributed by atoms with E-state index in [4.69, 9.17) is 9.52 Å². The Morgan fingerprint density at radius 2 is 2.04 bits per heavy atom. The molecule has 0 radical (unpaired) electrons. The molecule has 0 bridgehead atoms. The normalized spacial score (nSPS) is 10.9. The van der Waals surface area contributed by atoms with Gasteiger partial charge in [0.05, 0.1) is 6.61 Å². The minimum Gasteiger partial charge on any atom is -0.456 e. The molecule has 24 heavy (non-hydrogen) atoms. The predicted molar refractivity (Wildman–Crippen MR) is 93.8 cm³/mol. The van der Waals surface area contributed by atoms with Crippen molar-refractivity contribution < 1.29 is 14.3 Å². The lowest BCUT2D eigenvalue weighted by Gasteiger charge is -2.02. The highest BCUT2D eigenvalue weighted by Gasteiger charge is 2.10. The molecule has 0 aliphatic carbocycles. The summed E-state index contributed by atoms with van der Waals surface area (Å²) in [5, 5.41) is 15.6. The van der Waals surface area contributed by atoms with Crippen molar-refractivity contribution >= 4 is 16.9 Å². The molecule has 124 valence electrons. The van der Waals surface area contributed by atoms with Crippen LogP contribution in [0.5, 0.6) is 0 Å². The Morgan fingerprint density at radius 1 is 1.17 bits per heavy atom. The van der Waals surface area contributed by atoms with E-state index < -0.39 is 0 Å². The maximum absolute atomic E-state index is 11.8. The maximum Gasteiger partial charge on any atom is 0.251 e. The molecule has 3 aromatic rings. The smallest absolute Gasteiger partial charge is 0.251 e. The van der Waals surface area contributed by atoms with E-state index in [9.17, 15) is 4.79 Å². The van der Waals surface area contributed by atoms with Crippen LogP contribution in [-0.4, -0.2) is 31.2 Å². The molecule has 3 N–H and O–H groups in total. The lowest BCUT2D eigenvalue weighted by Crippen LogP contribution is -2.17. The van der Waals surface area contributed by atoms with Gasteiger partial charge in [-0.3, -0.25) is 4.79 Å². The van der Waals surface area contributed by atoms with Gasteiger partial charge < -0.3 is 20.2 Å². The third-order valence-corrected chi connectivity index (χ3v) is 3.84. The number of carbonyl (C=O) groups excluding carboxylic acids is 1. The fourth-order valence-electron chi connectivity index (χ4n) is 2.60. The largest absolute Gasteiger partial charge is 0.456 e. The average Bonchev–Trinajstić information content (AvgIpc) is 3.05. The van der Waals surface area contributed by atoms with Crippen molar-refractivity contribution in [3.05, 3.63) is 59.7 Å². The fourth-order valence-corrected chi connectivity index (χ4v) is 2.60. The molecule has 5 nitrogen and oxygen atoms in total. The Balaban J connectivity index is 1.89. The molecule has 0 saturated carbocycles. The van der Waals surface area contributed by atoms with E-state index in [0.717, 1.165) is 27.9 Å². The molecule has 3 rings (SSSR count). The number of nitrogens with one attached hydrogen (secondary N) is 2. The topological polar surface area (TPSA) is 74.5 Å². The quantitative estimate of drug-likeness (QED) is 0.609. The Hall–Kier alpha value is -2.63. The zero-order valence-corrected chi connectivity index (χ0v) is 13.5. The number of benzene rings is 2. The fraction of sp³-hybridized carbons (Fsp3) is 0.211. The van der Waals surface area contributed by atoms with E-state index in [1.54, 1.807) is 13.1 Å². The van der Waals surface area contributed by atoms with E-state index in [2.05, 4.69) is 10.6 Å². The summed E-state index contributed by atoms with van der Waals surface area (Å²) >= 11 is 0. The summed E-state index contributed by atoms with van der Waals surface area (Å²) in [5.74, 6) is 0.612. The van der Waals surface area contributed by atoms with Crippen molar-refractivity contribution in [3.8, 4) is 11.3 Å². The van der Waals surface area contributed by atoms with Crippen LogP contribution in [0.3, 0.4) is 0 Å². The Kier molecular flexibility index (Phi) is 4.93. The second-order valence-electron chi connectivity index (χ2n) is 5.54. The van der Waals surface area contributed by atoms with Gasteiger partial charge in [-0.05, 0) is 29.8 Å². The highest BCUT2D eigenvalue weighted by molar-refractivity contribution is 5.95. The number of furan rings is 1. The van der Waals surface area contributed by atoms with Crippen molar-refractivity contribution in [1.29, 1.82) is 0 Å². The summed E-state index contributed by atoms with van der Waals surface area (Å²) in [4.78, 5) is 11.8. The van der Waals surface area contributed by atoms with Gasteiger partial charge in [0.25, 0.3) is 5.91 Å². The zero-order chi connectivity index (χ0) is 16.9. The van der Waals surface area contributed by atoms with Crippen LogP contribution >= 0.6 is 0 Å². The van der Waals surface area contributed by atoms with Gasteiger partial charge in [-0.2, -0.15) is 0 Å². The summed E-state index contributed by atoms with van der Waals surface area (Å²) in [5.41, 5.74) is 3.37. The summed E-state index contributed by atoms with van der Waals surface area (Å²) < 4.78 is 5.96. The van der Waals surface area contributed by atoms with Crippen LogP contribution in [0, 0.1) is 0 Å². The van der Waals surface area contributed by atoms with Crippen LogP contribution in [0.15, 0.2) is 52.9 Å². The van der Waals surface area contributed by atoms with Crippen molar-refractivity contribution in [1.82, 2.24) is 10.6 Å². The summed E-state index contributed by atoms with van der Waals surface area (Å²) in [7, 11) is 1.61. The first kappa shape index (κ1) is 16.2. The van der Waals surface area contributed by atoms with Gasteiger partial charge in [-0.15, -0.1) is 0 Å². The van der Waals surface area contributed by atoms with Gasteiger partial charge in [-0.25, -0.2) is 0 Å². The number of hydrogen-bond donors (Lipinski definition) is 3. The molecule has 0 unspecified atom stereocenters. The first-order valence-electron chi connectivity index (χ1n) is 7.88. The van der Waals surface area contributed by atoms with E-state index in [1.165, 1.54) is 0 Å². The molecular formula is C19H20N2O3. The standard InChI is InChI=1S/C19H20N2O3/c1-20-19(23)16-4-2-3-14(10-16)18-11-15-6-5-13(9-17(15)24-18)12-21-7-8-22/h2-6,9-11,21-22H,7-8,12H2,1H3,(H,20,23). The average molecular weight is 324 g/mol. The van der Waals surface area contributed by atoms with Gasteiger partial charge in [0.15, 0.2) is 0 Å². The van der Waals surface area contributed by atoms with Crippen molar-refractivity contribution in [2.45, 2.75) is 6.54 Å². The Bertz CT molecular complexity index is 855. The molecule has 0 aliphatic heterocycles. The molecule has 1 amide bonds. The van der Waals surface area contributed by atoms with Crippen LogP contribution in [0.2, 0.25) is 0 Å². The minimum atomic E-state index is -0.120. The summed E-state index contributed by atoms with van der Waals surface area (Å²) in [6.45, 7) is 1.36. The predicted octanol–water partition coefficient (Wildman–Crippen LogP) is 2.54. The Morgan fingerprint density at radius 3 is 2.83 bits per heavy atom. The summed E-state index contributed by atoms with van der Waals surface area (Å²) in [6, 6.07) is 15.4. The van der Waals surface area contributed by atoms with Crippen molar-refractivity contribution in [2.75, 3.05) is 20.2 Å². The molecule has 2 aromatic carbocycles. The third-order valence-electron chi connectivity index (χ3n) is 3.84. The van der Waals surface area contributed by atoms with Crippen LogP contribution in [0.4, 0.5) is 0 Å². The van der Waals surface area contributed by atoms with Gasteiger partial charge in [-0.1, -0.05) is 24.3 Å². The van der Waals surface area contributed by atoms with Crippen LogP contribution in [0.1, 0.15) is 15.9 Å². The second-order valence-corrected chi connectivity index (χ2v) is 5.54. The molecule has 0 spiro atoms. The molecule has 0 saturated heterocycles. The number of hydrogen-bond acceptors (Lipinski definition) is 4. The number of aliphatic hydroxyl groups is 1. The van der Waals surface area contributed by atoms with Crippen LogP contribution in [0.25, 0.3) is 22.3 Å². The van der Waals surface area contributed by atoms with E-state index in [0.29, 0.717) is 18.7 Å². The number of amides is 1. The first-order chi connectivity index (χ1) is 11.7. The maximum atomic E-state index is 11.8. The van der Waals surface area contributed by atoms with Gasteiger partial charge in [0.2, 0.25) is 0 Å². The lowest BCUT2D eigenvalue weighted by molar-refractivity contribution is 0.0963. The third kappa shape index (κ3) is 3.48. The molecule has 5 heteroatoms. The number of rotatable bonds is 6. The highest BCUT2D eigenvalue weighted by Crippen LogP contribution is 2.29. The van der Waals surface area contributed by atoms with Crippen LogP contribution < -0.4 is 10.6 Å². The number of fused-ring (bicyclic) bond motifs is 1. The van der Waals surface area contributed by atoms with Crippen LogP contribution in [-0.2, 0) is 6.54 Å². The molecule has 1 heterocycles.